The van der Waals surface area contributed by atoms with Gasteiger partial charge in [0.05, 0.1) is 11.4 Å². The largest absolute Gasteiger partial charge is 0.367 e. The minimum atomic E-state index is -0.164. The van der Waals surface area contributed by atoms with Gasteiger partial charge >= 0.3 is 0 Å². The van der Waals surface area contributed by atoms with Gasteiger partial charge in [0.2, 0.25) is 0 Å². The third kappa shape index (κ3) is 3.03. The molecule has 0 radical (unpaired) electrons. The molecular formula is C17H19N7O. The summed E-state index contributed by atoms with van der Waals surface area (Å²) in [7, 11) is 2.10. The second-order valence-corrected chi connectivity index (χ2v) is 6.09. The summed E-state index contributed by atoms with van der Waals surface area (Å²) in [6.45, 7) is 3.57. The molecule has 3 heterocycles. The van der Waals surface area contributed by atoms with Crippen LogP contribution in [0.5, 0.6) is 0 Å². The summed E-state index contributed by atoms with van der Waals surface area (Å²) in [5, 5.41) is 11.4. The molecule has 1 aliphatic rings. The number of likely N-dealkylation sites (N-methyl/N-ethyl adjacent to an activating group) is 1. The molecule has 1 aromatic carbocycles. The van der Waals surface area contributed by atoms with E-state index < -0.39 is 0 Å². The summed E-state index contributed by atoms with van der Waals surface area (Å²) in [6.07, 6.45) is 1.45. The first-order chi connectivity index (χ1) is 12.2. The van der Waals surface area contributed by atoms with E-state index in [1.807, 2.05) is 30.3 Å². The lowest BCUT2D eigenvalue weighted by molar-refractivity contribution is 0.313. The fourth-order valence-corrected chi connectivity index (χ4v) is 2.98. The molecule has 1 N–H and O–H groups in total. The Morgan fingerprint density at radius 2 is 1.84 bits per heavy atom. The van der Waals surface area contributed by atoms with Crippen molar-refractivity contribution in [2.45, 2.75) is 0 Å². The molecule has 0 unspecified atom stereocenters. The Balaban J connectivity index is 1.84. The highest BCUT2D eigenvalue weighted by atomic mass is 16.1. The van der Waals surface area contributed by atoms with Crippen LogP contribution in [0.3, 0.4) is 0 Å². The summed E-state index contributed by atoms with van der Waals surface area (Å²) in [5.74, 6) is 0.554. The fraction of sp³-hybridized carbons (Fsp3) is 0.294. The molecular weight excluding hydrogens is 318 g/mol. The highest BCUT2D eigenvalue weighted by molar-refractivity contribution is 5.70. The maximum absolute atomic E-state index is 12.7. The lowest BCUT2D eigenvalue weighted by atomic mass is 10.2. The Hall–Kier alpha value is -3.00. The van der Waals surface area contributed by atoms with Crippen molar-refractivity contribution in [2.24, 2.45) is 0 Å². The van der Waals surface area contributed by atoms with E-state index in [9.17, 15) is 4.79 Å². The van der Waals surface area contributed by atoms with Gasteiger partial charge in [0, 0.05) is 32.2 Å². The van der Waals surface area contributed by atoms with Crippen LogP contribution >= 0.6 is 0 Å². The van der Waals surface area contributed by atoms with E-state index in [4.69, 9.17) is 0 Å². The number of nitrogens with one attached hydrogen (secondary N) is 1. The highest BCUT2D eigenvalue weighted by Gasteiger charge is 2.22. The number of piperazine rings is 1. The average molecular weight is 337 g/mol. The van der Waals surface area contributed by atoms with E-state index in [1.165, 1.54) is 11.0 Å². The van der Waals surface area contributed by atoms with Crippen molar-refractivity contribution in [1.82, 2.24) is 29.9 Å². The molecule has 0 atom stereocenters. The van der Waals surface area contributed by atoms with Crippen LogP contribution in [-0.2, 0) is 0 Å². The number of H-pyrrole nitrogens is 1. The molecule has 1 fully saturated rings. The van der Waals surface area contributed by atoms with Gasteiger partial charge in [-0.2, -0.15) is 14.9 Å². The minimum Gasteiger partial charge on any atom is -0.367 e. The van der Waals surface area contributed by atoms with E-state index in [0.29, 0.717) is 11.5 Å². The Morgan fingerprint density at radius 1 is 1.08 bits per heavy atom. The molecule has 3 aromatic rings. The van der Waals surface area contributed by atoms with Crippen molar-refractivity contribution in [1.29, 1.82) is 0 Å². The molecule has 2 aromatic heterocycles. The quantitative estimate of drug-likeness (QED) is 0.760. The van der Waals surface area contributed by atoms with Crippen molar-refractivity contribution in [2.75, 3.05) is 38.1 Å². The number of aromatic amines is 1. The van der Waals surface area contributed by atoms with Crippen LogP contribution in [0.1, 0.15) is 0 Å². The molecule has 0 bridgehead atoms. The topological polar surface area (TPSA) is 82.9 Å². The average Bonchev–Trinajstić information content (AvgIpc) is 3.17. The second-order valence-electron chi connectivity index (χ2n) is 6.09. The molecule has 0 saturated carbocycles. The van der Waals surface area contributed by atoms with Crippen LogP contribution in [0.15, 0.2) is 47.5 Å². The second kappa shape index (κ2) is 6.48. The van der Waals surface area contributed by atoms with Gasteiger partial charge in [-0.05, 0) is 19.2 Å². The van der Waals surface area contributed by atoms with E-state index in [-0.39, 0.29) is 5.56 Å². The first kappa shape index (κ1) is 15.5. The zero-order valence-electron chi connectivity index (χ0n) is 14.0. The maximum atomic E-state index is 12.7. The van der Waals surface area contributed by atoms with Crippen LogP contribution < -0.4 is 10.5 Å². The van der Waals surface area contributed by atoms with Gasteiger partial charge in [0.1, 0.15) is 6.33 Å². The van der Waals surface area contributed by atoms with E-state index in [1.54, 1.807) is 6.07 Å². The Morgan fingerprint density at radius 3 is 2.52 bits per heavy atom. The van der Waals surface area contributed by atoms with Gasteiger partial charge in [-0.3, -0.25) is 9.89 Å². The van der Waals surface area contributed by atoms with E-state index >= 15 is 0 Å². The van der Waals surface area contributed by atoms with E-state index in [0.717, 1.165) is 37.6 Å². The molecule has 0 spiro atoms. The predicted molar refractivity (Wildman–Crippen MR) is 94.9 cm³/mol. The third-order valence-corrected chi connectivity index (χ3v) is 4.40. The SMILES string of the molecule is CN1CCN(c2cc(=O)n(-c3ccccc3)nc2-c2ncn[nH]2)CC1. The molecule has 1 saturated heterocycles. The molecule has 128 valence electrons. The number of para-hydroxylation sites is 1. The Labute approximate surface area is 144 Å². The van der Waals surface area contributed by atoms with Crippen molar-refractivity contribution in [3.8, 4) is 17.2 Å². The Kier molecular flexibility index (Phi) is 4.02. The van der Waals surface area contributed by atoms with Crippen LogP contribution in [0.4, 0.5) is 5.69 Å². The molecule has 4 rings (SSSR count). The van der Waals surface area contributed by atoms with Gasteiger partial charge in [0.25, 0.3) is 5.56 Å². The fourth-order valence-electron chi connectivity index (χ4n) is 2.98. The van der Waals surface area contributed by atoms with E-state index in [2.05, 4.69) is 37.1 Å². The van der Waals surface area contributed by atoms with Gasteiger partial charge in [-0.25, -0.2) is 4.98 Å². The van der Waals surface area contributed by atoms with Crippen molar-refractivity contribution in [3.63, 3.8) is 0 Å². The first-order valence-corrected chi connectivity index (χ1v) is 8.21. The van der Waals surface area contributed by atoms with Crippen molar-refractivity contribution >= 4 is 5.69 Å². The van der Waals surface area contributed by atoms with Gasteiger partial charge < -0.3 is 9.80 Å². The molecule has 1 aliphatic heterocycles. The summed E-state index contributed by atoms with van der Waals surface area (Å²) in [4.78, 5) is 21.4. The maximum Gasteiger partial charge on any atom is 0.273 e. The van der Waals surface area contributed by atoms with Crippen LogP contribution in [-0.4, -0.2) is 63.1 Å². The van der Waals surface area contributed by atoms with Crippen LogP contribution in [0.2, 0.25) is 0 Å². The lowest BCUT2D eigenvalue weighted by Gasteiger charge is -2.34. The standard InChI is InChI=1S/C17H19N7O/c1-22-7-9-23(10-8-22)14-11-15(25)24(13-5-3-2-4-6-13)21-16(14)17-18-12-19-20-17/h2-6,11-12H,7-10H2,1H3,(H,18,19,20). The van der Waals surface area contributed by atoms with Crippen LogP contribution in [0, 0.1) is 0 Å². The minimum absolute atomic E-state index is 0.164. The number of aromatic nitrogens is 5. The molecule has 8 heteroatoms. The van der Waals surface area contributed by atoms with Crippen molar-refractivity contribution < 1.29 is 0 Å². The highest BCUT2D eigenvalue weighted by Crippen LogP contribution is 2.26. The zero-order chi connectivity index (χ0) is 17.2. The number of benzene rings is 1. The first-order valence-electron chi connectivity index (χ1n) is 8.21. The van der Waals surface area contributed by atoms with Gasteiger partial charge in [-0.1, -0.05) is 18.2 Å². The lowest BCUT2D eigenvalue weighted by Crippen LogP contribution is -2.45. The smallest absolute Gasteiger partial charge is 0.273 e. The molecule has 25 heavy (non-hydrogen) atoms. The van der Waals surface area contributed by atoms with Gasteiger partial charge in [-0.15, -0.1) is 0 Å². The van der Waals surface area contributed by atoms with Crippen LogP contribution in [0.25, 0.3) is 17.2 Å². The van der Waals surface area contributed by atoms with Gasteiger partial charge in [0.15, 0.2) is 11.5 Å². The number of rotatable bonds is 3. The molecule has 0 aliphatic carbocycles. The predicted octanol–water partition coefficient (Wildman–Crippen LogP) is 0.769. The Bertz CT molecular complexity index is 897. The number of hydrogen-bond donors (Lipinski definition) is 1. The monoisotopic (exact) mass is 337 g/mol. The number of hydrogen-bond acceptors (Lipinski definition) is 6. The molecule has 8 nitrogen and oxygen atoms in total. The number of nitrogens with zero attached hydrogens (tertiary/aromatic N) is 6. The summed E-state index contributed by atoms with van der Waals surface area (Å²) in [5.41, 5.74) is 1.98. The normalized spacial score (nSPS) is 15.5. The zero-order valence-corrected chi connectivity index (χ0v) is 14.0. The number of anilines is 1. The summed E-state index contributed by atoms with van der Waals surface area (Å²) in [6, 6.07) is 11.0. The molecule has 0 amide bonds. The summed E-state index contributed by atoms with van der Waals surface area (Å²) >= 11 is 0. The summed E-state index contributed by atoms with van der Waals surface area (Å²) < 4.78 is 1.40. The van der Waals surface area contributed by atoms with Crippen molar-refractivity contribution in [3.05, 3.63) is 53.1 Å². The third-order valence-electron chi connectivity index (χ3n) is 4.40.